The van der Waals surface area contributed by atoms with Gasteiger partial charge in [0.2, 0.25) is 0 Å². The Morgan fingerprint density at radius 3 is 1.93 bits per heavy atom. The van der Waals surface area contributed by atoms with Crippen molar-refractivity contribution in [2.75, 3.05) is 0 Å². The molecule has 28 heavy (non-hydrogen) atoms. The van der Waals surface area contributed by atoms with E-state index in [9.17, 15) is 4.79 Å². The minimum Gasteiger partial charge on any atom is -0.294 e. The van der Waals surface area contributed by atoms with E-state index in [0.29, 0.717) is 6.42 Å². The van der Waals surface area contributed by atoms with Gasteiger partial charge in [0, 0.05) is 12.0 Å². The van der Waals surface area contributed by atoms with Crippen molar-refractivity contribution in [3.05, 3.63) is 96.1 Å². The summed E-state index contributed by atoms with van der Waals surface area (Å²) in [6.45, 7) is 0. The second-order valence-corrected chi connectivity index (χ2v) is 7.58. The first-order valence-corrected chi connectivity index (χ1v) is 10.3. The van der Waals surface area contributed by atoms with E-state index in [1.54, 1.807) is 0 Å². The van der Waals surface area contributed by atoms with Crippen LogP contribution in [0.1, 0.15) is 48.0 Å². The van der Waals surface area contributed by atoms with Gasteiger partial charge in [-0.2, -0.15) is 0 Å². The molecule has 0 spiro atoms. The lowest BCUT2D eigenvalue weighted by Crippen LogP contribution is -1.99. The van der Waals surface area contributed by atoms with Crippen LogP contribution in [-0.2, 0) is 6.42 Å². The van der Waals surface area contributed by atoms with E-state index in [-0.39, 0.29) is 5.78 Å². The Labute approximate surface area is 167 Å². The first-order chi connectivity index (χ1) is 13.8. The van der Waals surface area contributed by atoms with Gasteiger partial charge in [-0.1, -0.05) is 91.7 Å². The maximum Gasteiger partial charge on any atom is 0.162 e. The fraction of sp³-hybridized carbons (Fsp3) is 0.222. The molecule has 0 amide bonds. The SMILES string of the molecule is O=C(CCCCCCc1ccc2ccccc2c1)c1ccc2ccccc2c1. The second kappa shape index (κ2) is 8.84. The number of benzene rings is 4. The van der Waals surface area contributed by atoms with Crippen LogP contribution in [0.15, 0.2) is 84.9 Å². The molecule has 0 aliphatic heterocycles. The predicted octanol–water partition coefficient (Wildman–Crippen LogP) is 7.37. The minimum absolute atomic E-state index is 0.264. The third kappa shape index (κ3) is 4.48. The molecule has 4 aromatic carbocycles. The summed E-state index contributed by atoms with van der Waals surface area (Å²) in [6.07, 6.45) is 6.22. The van der Waals surface area contributed by atoms with Crippen molar-refractivity contribution < 1.29 is 4.79 Å². The number of Topliss-reactive ketones (excluding diaryl/α,β-unsaturated/α-hetero) is 1. The van der Waals surface area contributed by atoms with Gasteiger partial charge in [0.15, 0.2) is 5.78 Å². The van der Waals surface area contributed by atoms with E-state index in [1.165, 1.54) is 34.6 Å². The molecule has 0 heterocycles. The third-order valence-electron chi connectivity index (χ3n) is 5.50. The summed E-state index contributed by atoms with van der Waals surface area (Å²) in [5, 5.41) is 4.95. The van der Waals surface area contributed by atoms with E-state index in [0.717, 1.165) is 30.2 Å². The maximum atomic E-state index is 12.5. The maximum absolute atomic E-state index is 12.5. The standard InChI is InChI=1S/C27H26O/c28-27(26-18-17-23-11-6-8-13-25(23)20-26)14-4-2-1-3-9-21-15-16-22-10-5-7-12-24(22)19-21/h5-8,10-13,15-20H,1-4,9,14H2. The number of rotatable bonds is 8. The molecule has 1 nitrogen and oxygen atoms in total. The highest BCUT2D eigenvalue weighted by atomic mass is 16.1. The van der Waals surface area contributed by atoms with Gasteiger partial charge in [-0.15, -0.1) is 0 Å². The number of hydrogen-bond donors (Lipinski definition) is 0. The topological polar surface area (TPSA) is 17.1 Å². The molecule has 1 heteroatoms. The number of carbonyl (C=O) groups excluding carboxylic acids is 1. The third-order valence-corrected chi connectivity index (χ3v) is 5.50. The summed E-state index contributed by atoms with van der Waals surface area (Å²) < 4.78 is 0. The molecular weight excluding hydrogens is 340 g/mol. The number of carbonyl (C=O) groups is 1. The first kappa shape index (κ1) is 18.4. The van der Waals surface area contributed by atoms with Crippen molar-refractivity contribution in [1.29, 1.82) is 0 Å². The molecule has 0 aliphatic carbocycles. The average molecular weight is 367 g/mol. The molecule has 0 unspecified atom stereocenters. The molecule has 0 radical (unpaired) electrons. The summed E-state index contributed by atoms with van der Waals surface area (Å²) in [5.41, 5.74) is 2.25. The van der Waals surface area contributed by atoms with Gasteiger partial charge in [-0.3, -0.25) is 4.79 Å². The summed E-state index contributed by atoms with van der Waals surface area (Å²) >= 11 is 0. The summed E-state index contributed by atoms with van der Waals surface area (Å²) in [4.78, 5) is 12.5. The normalized spacial score (nSPS) is 11.1. The molecule has 4 rings (SSSR count). The van der Waals surface area contributed by atoms with Crippen LogP contribution in [0.25, 0.3) is 21.5 Å². The van der Waals surface area contributed by atoms with Crippen molar-refractivity contribution in [1.82, 2.24) is 0 Å². The molecule has 0 bridgehead atoms. The van der Waals surface area contributed by atoms with Gasteiger partial charge in [0.25, 0.3) is 0 Å². The highest BCUT2D eigenvalue weighted by Gasteiger charge is 2.06. The van der Waals surface area contributed by atoms with E-state index in [1.807, 2.05) is 30.3 Å². The van der Waals surface area contributed by atoms with Gasteiger partial charge in [-0.25, -0.2) is 0 Å². The quantitative estimate of drug-likeness (QED) is 0.235. The van der Waals surface area contributed by atoms with Crippen molar-refractivity contribution >= 4 is 27.3 Å². The zero-order valence-electron chi connectivity index (χ0n) is 16.2. The summed E-state index contributed by atoms with van der Waals surface area (Å²) in [5.74, 6) is 0.264. The first-order valence-electron chi connectivity index (χ1n) is 10.3. The van der Waals surface area contributed by atoms with Gasteiger partial charge < -0.3 is 0 Å². The molecular formula is C27H26O. The average Bonchev–Trinajstić information content (AvgIpc) is 2.75. The van der Waals surface area contributed by atoms with E-state index in [2.05, 4.69) is 54.6 Å². The Bertz CT molecular complexity index is 1090. The Balaban J connectivity index is 1.21. The largest absolute Gasteiger partial charge is 0.294 e. The number of hydrogen-bond acceptors (Lipinski definition) is 1. The van der Waals surface area contributed by atoms with Crippen LogP contribution >= 0.6 is 0 Å². The van der Waals surface area contributed by atoms with Crippen LogP contribution in [0.4, 0.5) is 0 Å². The molecule has 140 valence electrons. The summed E-state index contributed by atoms with van der Waals surface area (Å²) in [6, 6.07) is 29.5. The fourth-order valence-electron chi connectivity index (χ4n) is 3.87. The van der Waals surface area contributed by atoms with Crippen LogP contribution in [0.5, 0.6) is 0 Å². The molecule has 0 aliphatic rings. The van der Waals surface area contributed by atoms with E-state index < -0.39 is 0 Å². The Hall–Kier alpha value is -2.93. The van der Waals surface area contributed by atoms with Gasteiger partial charge in [0.1, 0.15) is 0 Å². The van der Waals surface area contributed by atoms with Crippen LogP contribution in [0.2, 0.25) is 0 Å². The minimum atomic E-state index is 0.264. The molecule has 0 N–H and O–H groups in total. The van der Waals surface area contributed by atoms with Gasteiger partial charge in [-0.05, 0) is 52.4 Å². The second-order valence-electron chi connectivity index (χ2n) is 7.58. The number of fused-ring (bicyclic) bond motifs is 2. The number of ketones is 1. The lowest BCUT2D eigenvalue weighted by atomic mass is 9.99. The van der Waals surface area contributed by atoms with Crippen molar-refractivity contribution in [3.8, 4) is 0 Å². The van der Waals surface area contributed by atoms with Gasteiger partial charge >= 0.3 is 0 Å². The fourth-order valence-corrected chi connectivity index (χ4v) is 3.87. The lowest BCUT2D eigenvalue weighted by Gasteiger charge is -2.05. The number of aryl methyl sites for hydroxylation is 1. The van der Waals surface area contributed by atoms with Crippen molar-refractivity contribution in [2.45, 2.75) is 38.5 Å². The monoisotopic (exact) mass is 366 g/mol. The summed E-state index contributed by atoms with van der Waals surface area (Å²) in [7, 11) is 0. The molecule has 0 aromatic heterocycles. The predicted molar refractivity (Wildman–Crippen MR) is 119 cm³/mol. The number of unbranched alkanes of at least 4 members (excludes halogenated alkanes) is 3. The van der Waals surface area contributed by atoms with Crippen LogP contribution < -0.4 is 0 Å². The molecule has 0 fully saturated rings. The Morgan fingerprint density at radius 2 is 1.18 bits per heavy atom. The zero-order valence-corrected chi connectivity index (χ0v) is 16.2. The van der Waals surface area contributed by atoms with Crippen molar-refractivity contribution in [2.24, 2.45) is 0 Å². The molecule has 4 aromatic rings. The zero-order chi connectivity index (χ0) is 19.2. The Morgan fingerprint density at radius 1 is 0.571 bits per heavy atom. The Kier molecular flexibility index (Phi) is 5.82. The van der Waals surface area contributed by atoms with Crippen LogP contribution in [0, 0.1) is 0 Å². The molecule has 0 atom stereocenters. The van der Waals surface area contributed by atoms with E-state index >= 15 is 0 Å². The molecule has 0 saturated carbocycles. The highest BCUT2D eigenvalue weighted by Crippen LogP contribution is 2.19. The van der Waals surface area contributed by atoms with Crippen LogP contribution in [-0.4, -0.2) is 5.78 Å². The highest BCUT2D eigenvalue weighted by molar-refractivity contribution is 5.99. The van der Waals surface area contributed by atoms with Gasteiger partial charge in [0.05, 0.1) is 0 Å². The van der Waals surface area contributed by atoms with Crippen molar-refractivity contribution in [3.63, 3.8) is 0 Å². The van der Waals surface area contributed by atoms with E-state index in [4.69, 9.17) is 0 Å². The molecule has 0 saturated heterocycles. The lowest BCUT2D eigenvalue weighted by molar-refractivity contribution is 0.0979. The van der Waals surface area contributed by atoms with Crippen LogP contribution in [0.3, 0.4) is 0 Å². The smallest absolute Gasteiger partial charge is 0.162 e.